The van der Waals surface area contributed by atoms with Gasteiger partial charge >= 0.3 is 0 Å². The van der Waals surface area contributed by atoms with Gasteiger partial charge in [-0.1, -0.05) is 13.8 Å². The number of nitrogens with one attached hydrogen (secondary N) is 1. The highest BCUT2D eigenvalue weighted by Crippen LogP contribution is 2.17. The minimum Gasteiger partial charge on any atom is -0.322 e. The fourth-order valence-electron chi connectivity index (χ4n) is 1.88. The van der Waals surface area contributed by atoms with Crippen molar-refractivity contribution in [2.75, 3.05) is 0 Å². The van der Waals surface area contributed by atoms with Gasteiger partial charge in [0.2, 0.25) is 0 Å². The molecule has 0 aliphatic rings. The van der Waals surface area contributed by atoms with Crippen molar-refractivity contribution in [1.29, 1.82) is 0 Å². The van der Waals surface area contributed by atoms with E-state index in [1.54, 1.807) is 0 Å². The molecule has 16 heavy (non-hydrogen) atoms. The van der Waals surface area contributed by atoms with Crippen molar-refractivity contribution in [2.24, 2.45) is 0 Å². The van der Waals surface area contributed by atoms with Crippen LogP contribution in [0.2, 0.25) is 0 Å². The zero-order valence-corrected chi connectivity index (χ0v) is 9.92. The topological polar surface area (TPSA) is 45.8 Å². The highest BCUT2D eigenvalue weighted by Gasteiger charge is 2.06. The van der Waals surface area contributed by atoms with E-state index in [9.17, 15) is 4.79 Å². The number of rotatable bonds is 2. The molecule has 3 nitrogen and oxygen atoms in total. The Morgan fingerprint density at radius 3 is 2.62 bits per heavy atom. The Kier molecular flexibility index (Phi) is 2.77. The molecule has 0 saturated heterocycles. The first-order valence-corrected chi connectivity index (χ1v) is 5.68. The first-order chi connectivity index (χ1) is 7.65. The molecule has 0 aromatic carbocycles. The molecule has 84 valence electrons. The van der Waals surface area contributed by atoms with E-state index in [0.717, 1.165) is 40.7 Å². The third-order valence-electron chi connectivity index (χ3n) is 2.85. The van der Waals surface area contributed by atoms with Gasteiger partial charge in [0, 0.05) is 22.3 Å². The molecule has 2 heterocycles. The van der Waals surface area contributed by atoms with E-state index in [1.807, 2.05) is 19.1 Å². The first kappa shape index (κ1) is 10.9. The second kappa shape index (κ2) is 4.08. The van der Waals surface area contributed by atoms with Crippen LogP contribution in [-0.2, 0) is 12.8 Å². The Balaban J connectivity index is 2.84. The van der Waals surface area contributed by atoms with Gasteiger partial charge in [0.25, 0.3) is 5.56 Å². The molecule has 0 saturated carbocycles. The Morgan fingerprint density at radius 2 is 2.00 bits per heavy atom. The molecule has 1 N–H and O–H groups in total. The second-order valence-electron chi connectivity index (χ2n) is 4.01. The van der Waals surface area contributed by atoms with Crippen LogP contribution < -0.4 is 5.56 Å². The van der Waals surface area contributed by atoms with Crippen LogP contribution in [-0.4, -0.2) is 9.97 Å². The smallest absolute Gasteiger partial charge is 0.251 e. The normalized spacial score (nSPS) is 10.9. The standard InChI is InChI=1S/C13H16N2O/c1-4-9-7-12-10(11(5-2)14-9)6-8(3)13(16)15-12/h6-7H,4-5H2,1-3H3,(H,15,16). The van der Waals surface area contributed by atoms with E-state index < -0.39 is 0 Å². The summed E-state index contributed by atoms with van der Waals surface area (Å²) in [7, 11) is 0. The maximum absolute atomic E-state index is 11.6. The highest BCUT2D eigenvalue weighted by molar-refractivity contribution is 5.81. The van der Waals surface area contributed by atoms with E-state index in [0.29, 0.717) is 0 Å². The van der Waals surface area contributed by atoms with Crippen molar-refractivity contribution in [1.82, 2.24) is 9.97 Å². The van der Waals surface area contributed by atoms with Crippen LogP contribution in [0.3, 0.4) is 0 Å². The van der Waals surface area contributed by atoms with Crippen LogP contribution in [0.25, 0.3) is 10.9 Å². The lowest BCUT2D eigenvalue weighted by Gasteiger charge is -2.07. The zero-order valence-electron chi connectivity index (χ0n) is 9.92. The summed E-state index contributed by atoms with van der Waals surface area (Å²) >= 11 is 0. The average Bonchev–Trinajstić information content (AvgIpc) is 2.29. The minimum atomic E-state index is -0.0113. The summed E-state index contributed by atoms with van der Waals surface area (Å²) in [6, 6.07) is 3.90. The lowest BCUT2D eigenvalue weighted by Crippen LogP contribution is -2.10. The van der Waals surface area contributed by atoms with Crippen LogP contribution in [0.15, 0.2) is 16.9 Å². The van der Waals surface area contributed by atoms with Crippen LogP contribution in [0.5, 0.6) is 0 Å². The van der Waals surface area contributed by atoms with Gasteiger partial charge in [-0.3, -0.25) is 9.78 Å². The van der Waals surface area contributed by atoms with Crippen molar-refractivity contribution < 1.29 is 0 Å². The lowest BCUT2D eigenvalue weighted by atomic mass is 10.1. The van der Waals surface area contributed by atoms with Gasteiger partial charge in [-0.2, -0.15) is 0 Å². The molecule has 0 unspecified atom stereocenters. The zero-order chi connectivity index (χ0) is 11.7. The summed E-state index contributed by atoms with van der Waals surface area (Å²) in [4.78, 5) is 19.1. The number of aromatic amines is 1. The fraction of sp³-hybridized carbons (Fsp3) is 0.385. The van der Waals surface area contributed by atoms with Gasteiger partial charge in [0.05, 0.1) is 5.52 Å². The van der Waals surface area contributed by atoms with Gasteiger partial charge in [-0.15, -0.1) is 0 Å². The van der Waals surface area contributed by atoms with E-state index in [1.165, 1.54) is 0 Å². The molecule has 0 spiro atoms. The predicted molar refractivity (Wildman–Crippen MR) is 65.9 cm³/mol. The van der Waals surface area contributed by atoms with Crippen molar-refractivity contribution >= 4 is 10.9 Å². The molecule has 0 radical (unpaired) electrons. The summed E-state index contributed by atoms with van der Waals surface area (Å²) < 4.78 is 0. The van der Waals surface area contributed by atoms with Crippen molar-refractivity contribution in [2.45, 2.75) is 33.6 Å². The number of hydrogen-bond donors (Lipinski definition) is 1. The third kappa shape index (κ3) is 1.73. The molecule has 2 rings (SSSR count). The summed E-state index contributed by atoms with van der Waals surface area (Å²) in [5, 5.41) is 1.07. The van der Waals surface area contributed by atoms with Crippen LogP contribution in [0.4, 0.5) is 0 Å². The van der Waals surface area contributed by atoms with Gasteiger partial charge in [0.1, 0.15) is 0 Å². The summed E-state index contributed by atoms with van der Waals surface area (Å²) in [5.41, 5.74) is 3.73. The Morgan fingerprint density at radius 1 is 1.25 bits per heavy atom. The average molecular weight is 216 g/mol. The Bertz CT molecular complexity index is 584. The second-order valence-corrected chi connectivity index (χ2v) is 4.01. The van der Waals surface area contributed by atoms with E-state index in [4.69, 9.17) is 0 Å². The maximum Gasteiger partial charge on any atom is 0.251 e. The molecule has 0 atom stereocenters. The van der Waals surface area contributed by atoms with Crippen molar-refractivity contribution in [3.63, 3.8) is 0 Å². The first-order valence-electron chi connectivity index (χ1n) is 5.68. The predicted octanol–water partition coefficient (Wildman–Crippen LogP) is 2.36. The molecule has 0 aliphatic carbocycles. The molecule has 0 amide bonds. The SMILES string of the molecule is CCc1cc2[nH]c(=O)c(C)cc2c(CC)n1. The monoisotopic (exact) mass is 216 g/mol. The van der Waals surface area contributed by atoms with Crippen molar-refractivity contribution in [3.05, 3.63) is 39.4 Å². The minimum absolute atomic E-state index is 0.0113. The van der Waals surface area contributed by atoms with Gasteiger partial charge < -0.3 is 4.98 Å². The van der Waals surface area contributed by atoms with Gasteiger partial charge in [0.15, 0.2) is 0 Å². The summed E-state index contributed by atoms with van der Waals surface area (Å²) in [5.74, 6) is 0. The van der Waals surface area contributed by atoms with Crippen LogP contribution in [0.1, 0.15) is 30.8 Å². The fourth-order valence-corrected chi connectivity index (χ4v) is 1.88. The van der Waals surface area contributed by atoms with Crippen LogP contribution in [0, 0.1) is 6.92 Å². The number of fused-ring (bicyclic) bond motifs is 1. The van der Waals surface area contributed by atoms with E-state index >= 15 is 0 Å². The molecule has 2 aromatic rings. The van der Waals surface area contributed by atoms with Gasteiger partial charge in [-0.25, -0.2) is 0 Å². The Labute approximate surface area is 94.5 Å². The number of hydrogen-bond acceptors (Lipinski definition) is 2. The molecule has 0 fully saturated rings. The molecule has 2 aromatic heterocycles. The van der Waals surface area contributed by atoms with E-state index in [2.05, 4.69) is 23.8 Å². The highest BCUT2D eigenvalue weighted by atomic mass is 16.1. The van der Waals surface area contributed by atoms with Crippen LogP contribution >= 0.6 is 0 Å². The number of aryl methyl sites for hydroxylation is 3. The number of nitrogens with zero attached hydrogens (tertiary/aromatic N) is 1. The molecule has 3 heteroatoms. The number of pyridine rings is 2. The summed E-state index contributed by atoms with van der Waals surface area (Å²) in [6.45, 7) is 5.98. The lowest BCUT2D eigenvalue weighted by molar-refractivity contribution is 0.967. The quantitative estimate of drug-likeness (QED) is 0.837. The molecule has 0 bridgehead atoms. The number of aromatic nitrogens is 2. The molecule has 0 aliphatic heterocycles. The van der Waals surface area contributed by atoms with Crippen molar-refractivity contribution in [3.8, 4) is 0 Å². The summed E-state index contributed by atoms with van der Waals surface area (Å²) in [6.07, 6.45) is 1.77. The maximum atomic E-state index is 11.6. The molecular weight excluding hydrogens is 200 g/mol. The van der Waals surface area contributed by atoms with Gasteiger partial charge in [-0.05, 0) is 31.9 Å². The third-order valence-corrected chi connectivity index (χ3v) is 2.85. The molecular formula is C13H16N2O. The largest absolute Gasteiger partial charge is 0.322 e. The number of H-pyrrole nitrogens is 1. The Hall–Kier alpha value is -1.64. The van der Waals surface area contributed by atoms with E-state index in [-0.39, 0.29) is 5.56 Å².